The third-order valence-corrected chi connectivity index (χ3v) is 12.8. The molecule has 0 aliphatic carbocycles. The Kier molecular flexibility index (Phi) is 20.7. The van der Waals surface area contributed by atoms with Crippen molar-refractivity contribution in [1.82, 2.24) is 19.6 Å². The van der Waals surface area contributed by atoms with Gasteiger partial charge in [-0.2, -0.15) is 0 Å². The van der Waals surface area contributed by atoms with Gasteiger partial charge in [0.2, 0.25) is 0 Å². The van der Waals surface area contributed by atoms with Crippen LogP contribution >= 0.6 is 0 Å². The molecule has 0 atom stereocenters. The fraction of sp³-hybridized carbons (Fsp3) is 0.259. The second kappa shape index (κ2) is 28.6. The summed E-state index contributed by atoms with van der Waals surface area (Å²) in [5.74, 6) is 0. The van der Waals surface area contributed by atoms with Crippen LogP contribution in [0.3, 0.4) is 0 Å². The average molecular weight is 1090 g/mol. The molecule has 2 heterocycles. The van der Waals surface area contributed by atoms with E-state index < -0.39 is 29.5 Å². The second-order valence-corrected chi connectivity index (χ2v) is 18.1. The molecule has 2 saturated heterocycles. The number of hydrogen-bond acceptors (Lipinski definition) is 20. The number of rotatable bonds is 24. The number of hydrogen-bond donors (Lipinski definition) is 0. The summed E-state index contributed by atoms with van der Waals surface area (Å²) in [6.07, 6.45) is 5.97. The molecule has 6 aromatic rings. The van der Waals surface area contributed by atoms with Gasteiger partial charge in [-0.15, -0.1) is 0 Å². The first-order valence-corrected chi connectivity index (χ1v) is 25.1. The monoisotopic (exact) mass is 1090 g/mol. The summed E-state index contributed by atoms with van der Waals surface area (Å²) >= 11 is 0. The predicted octanol–water partition coefficient (Wildman–Crippen LogP) is 8.53. The van der Waals surface area contributed by atoms with E-state index in [0.29, 0.717) is 101 Å². The highest BCUT2D eigenvalue weighted by molar-refractivity contribution is 5.82. The first-order chi connectivity index (χ1) is 38.6. The molecule has 0 spiro atoms. The Morgan fingerprint density at radius 3 is 0.775 bits per heavy atom. The van der Waals surface area contributed by atoms with Crippen molar-refractivity contribution in [3.05, 3.63) is 240 Å². The molecule has 2 aliphatic rings. The van der Waals surface area contributed by atoms with Gasteiger partial charge < -0.3 is 0 Å². The first kappa shape index (κ1) is 57.9. The molecule has 2 fully saturated rings. The Morgan fingerprint density at radius 1 is 0.338 bits per heavy atom. The Bertz CT molecular complexity index is 2950. The van der Waals surface area contributed by atoms with E-state index in [1.165, 1.54) is 60.7 Å². The van der Waals surface area contributed by atoms with Gasteiger partial charge in [0, 0.05) is 150 Å². The van der Waals surface area contributed by atoms with Gasteiger partial charge in [-0.1, -0.05) is 72.8 Å². The lowest BCUT2D eigenvalue weighted by atomic mass is 10.1. The number of nitro benzene ring substituents is 6. The highest BCUT2D eigenvalue weighted by Gasteiger charge is 2.34. The quantitative estimate of drug-likeness (QED) is 0.0311. The van der Waals surface area contributed by atoms with Crippen molar-refractivity contribution in [2.45, 2.75) is 12.3 Å². The maximum Gasteiger partial charge on any atom is 0.270 e. The van der Waals surface area contributed by atoms with Crippen LogP contribution in [0.1, 0.15) is 45.7 Å². The average Bonchev–Trinajstić information content (AvgIpc) is 4.10. The van der Waals surface area contributed by atoms with Gasteiger partial charge >= 0.3 is 0 Å². The van der Waals surface area contributed by atoms with Gasteiger partial charge in [-0.05, 0) is 33.4 Å². The zero-order valence-corrected chi connectivity index (χ0v) is 43.0. The van der Waals surface area contributed by atoms with E-state index in [1.807, 2.05) is 12.1 Å². The Labute approximate surface area is 457 Å². The molecule has 0 aromatic heterocycles. The highest BCUT2D eigenvalue weighted by atomic mass is 16.6. The van der Waals surface area contributed by atoms with Crippen LogP contribution in [0.25, 0.3) is 0 Å². The fourth-order valence-corrected chi connectivity index (χ4v) is 9.14. The summed E-state index contributed by atoms with van der Waals surface area (Å²) in [7, 11) is 0. The summed E-state index contributed by atoms with van der Waals surface area (Å²) in [5.41, 5.74) is 4.13. The summed E-state index contributed by atoms with van der Waals surface area (Å²) in [4.78, 5) is 90.7. The van der Waals surface area contributed by atoms with Crippen LogP contribution in [0.5, 0.6) is 0 Å². The zero-order valence-electron chi connectivity index (χ0n) is 43.0. The van der Waals surface area contributed by atoms with E-state index >= 15 is 0 Å². The van der Waals surface area contributed by atoms with Gasteiger partial charge in [0.1, 0.15) is 0 Å². The molecule has 8 rings (SSSR count). The molecule has 26 heteroatoms. The van der Waals surface area contributed by atoms with Crippen molar-refractivity contribution >= 4 is 59.0 Å². The fourth-order valence-electron chi connectivity index (χ4n) is 9.14. The molecule has 0 radical (unpaired) electrons. The van der Waals surface area contributed by atoms with Gasteiger partial charge in [0.15, 0.2) is 0 Å². The van der Waals surface area contributed by atoms with E-state index in [1.54, 1.807) is 97.7 Å². The van der Waals surface area contributed by atoms with E-state index in [-0.39, 0.29) is 46.5 Å². The minimum Gasteiger partial charge on any atom is -0.291 e. The standard InChI is InChI=1S/2C27H27N7O6/c2*35-32(36)24-7-1-4-21(16-24)19-28-10-12-30-14-15-31(27(30)23-6-3-9-26(18-23)34(39)40)13-11-29-20-22-5-2-8-25(17-22)33(37)38/h2*1-9,16-20,27H,10-15H2. The summed E-state index contributed by atoms with van der Waals surface area (Å²) < 4.78 is 0. The molecule has 0 saturated carbocycles. The number of benzene rings is 6. The van der Waals surface area contributed by atoms with Gasteiger partial charge in [-0.25, -0.2) is 0 Å². The molecule has 6 aromatic carbocycles. The maximum atomic E-state index is 11.4. The number of nitrogens with zero attached hydrogens (tertiary/aromatic N) is 14. The molecule has 2 aliphatic heterocycles. The van der Waals surface area contributed by atoms with Crippen LogP contribution in [0.15, 0.2) is 166 Å². The third kappa shape index (κ3) is 16.6. The molecular weight excluding hydrogens is 1040 g/mol. The van der Waals surface area contributed by atoms with Crippen molar-refractivity contribution in [1.29, 1.82) is 0 Å². The van der Waals surface area contributed by atoms with Crippen LogP contribution in [-0.4, -0.2) is 153 Å². The van der Waals surface area contributed by atoms with Crippen LogP contribution in [-0.2, 0) is 0 Å². The number of nitro groups is 6. The molecule has 80 heavy (non-hydrogen) atoms. The van der Waals surface area contributed by atoms with Crippen molar-refractivity contribution < 1.29 is 29.5 Å². The molecular formula is C54H54N14O12. The van der Waals surface area contributed by atoms with E-state index in [0.717, 1.165) is 11.1 Å². The Hall–Kier alpha value is -9.76. The molecule has 412 valence electrons. The molecule has 26 nitrogen and oxygen atoms in total. The predicted molar refractivity (Wildman–Crippen MR) is 300 cm³/mol. The highest BCUT2D eigenvalue weighted by Crippen LogP contribution is 2.33. The lowest BCUT2D eigenvalue weighted by Crippen LogP contribution is -2.33. The second-order valence-electron chi connectivity index (χ2n) is 18.1. The zero-order chi connectivity index (χ0) is 57.0. The third-order valence-electron chi connectivity index (χ3n) is 12.8. The maximum absolute atomic E-state index is 11.4. The van der Waals surface area contributed by atoms with E-state index in [9.17, 15) is 60.7 Å². The topological polar surface area (TPSA) is 321 Å². The summed E-state index contributed by atoms with van der Waals surface area (Å²) in [6, 6.07) is 38.1. The minimum absolute atomic E-state index is 0.00184. The van der Waals surface area contributed by atoms with Crippen LogP contribution in [0.2, 0.25) is 0 Å². The van der Waals surface area contributed by atoms with Crippen molar-refractivity contribution in [3.8, 4) is 0 Å². The smallest absolute Gasteiger partial charge is 0.270 e. The summed E-state index contributed by atoms with van der Waals surface area (Å²) in [5, 5.41) is 66.8. The number of non-ortho nitro benzene ring substituents is 6. The lowest BCUT2D eigenvalue weighted by molar-refractivity contribution is -0.385. The largest absolute Gasteiger partial charge is 0.291 e. The molecule has 0 amide bonds. The molecule has 0 N–H and O–H groups in total. The van der Waals surface area contributed by atoms with Gasteiger partial charge in [0.25, 0.3) is 34.1 Å². The summed E-state index contributed by atoms with van der Waals surface area (Å²) in [6.45, 7) is 6.92. The normalized spacial score (nSPS) is 16.1. The van der Waals surface area contributed by atoms with Crippen LogP contribution in [0.4, 0.5) is 34.1 Å². The Morgan fingerprint density at radius 2 is 0.550 bits per heavy atom. The first-order valence-electron chi connectivity index (χ1n) is 25.1. The van der Waals surface area contributed by atoms with Crippen molar-refractivity contribution in [3.63, 3.8) is 0 Å². The molecule has 0 bridgehead atoms. The van der Waals surface area contributed by atoms with Gasteiger partial charge in [0.05, 0.1) is 68.1 Å². The number of aliphatic imine (C=N–C) groups is 4. The van der Waals surface area contributed by atoms with Crippen molar-refractivity contribution in [2.75, 3.05) is 78.5 Å². The lowest BCUT2D eigenvalue weighted by Gasteiger charge is -2.30. The van der Waals surface area contributed by atoms with E-state index in [2.05, 4.69) is 39.6 Å². The van der Waals surface area contributed by atoms with Crippen LogP contribution in [0, 0.1) is 60.7 Å². The Balaban J connectivity index is 0.000000231. The minimum atomic E-state index is -0.451. The SMILES string of the molecule is O=[N+]([O-])c1cccc(C=NCCN2CCN(CCN=Cc3cccc([N+](=O)[O-])c3)C2c2cccc([N+](=O)[O-])c2)c1.O=[N+]([O-])c1cccc(C=NCCN2CCN(CCN=Cc3cccc([N+](=O)[O-])c3)C2c2cccc([N+](=O)[O-])c2)c1. The van der Waals surface area contributed by atoms with Crippen molar-refractivity contribution in [2.24, 2.45) is 20.0 Å². The molecule has 0 unspecified atom stereocenters. The van der Waals surface area contributed by atoms with E-state index in [4.69, 9.17) is 0 Å². The van der Waals surface area contributed by atoms with Crippen LogP contribution < -0.4 is 0 Å². The van der Waals surface area contributed by atoms with Gasteiger partial charge in [-0.3, -0.25) is 100 Å².